The monoisotopic (exact) mass is 306 g/mol. The Morgan fingerprint density at radius 3 is 2.48 bits per heavy atom. The fourth-order valence-corrected chi connectivity index (χ4v) is 3.46. The van der Waals surface area contributed by atoms with Gasteiger partial charge in [-0.3, -0.25) is 0 Å². The summed E-state index contributed by atoms with van der Waals surface area (Å²) in [6, 6.07) is 10.7. The summed E-state index contributed by atoms with van der Waals surface area (Å²) in [4.78, 5) is 6.74. The summed E-state index contributed by atoms with van der Waals surface area (Å²) >= 11 is 0. The molecule has 1 aromatic heterocycles. The third-order valence-electron chi connectivity index (χ3n) is 4.65. The second-order valence-corrected chi connectivity index (χ2v) is 5.86. The molecule has 2 N–H and O–H groups in total. The van der Waals surface area contributed by atoms with Crippen molar-refractivity contribution in [2.75, 3.05) is 23.7 Å². The Bertz CT molecular complexity index is 752. The molecule has 0 aliphatic heterocycles. The number of rotatable bonds is 4. The van der Waals surface area contributed by atoms with Gasteiger partial charge in [-0.05, 0) is 56.4 Å². The van der Waals surface area contributed by atoms with Crippen molar-refractivity contribution < 1.29 is 0 Å². The van der Waals surface area contributed by atoms with Gasteiger partial charge in [0.25, 0.3) is 0 Å². The SMILES string of the molecule is CCN(CC)c1ccc(-c2c(C#N)c(N)nc3c2CCC3)cc1. The van der Waals surface area contributed by atoms with Crippen LogP contribution in [0.3, 0.4) is 0 Å². The lowest BCUT2D eigenvalue weighted by atomic mass is 9.94. The van der Waals surface area contributed by atoms with E-state index in [1.165, 1.54) is 11.3 Å². The van der Waals surface area contributed by atoms with E-state index in [-0.39, 0.29) is 0 Å². The number of nitriles is 1. The Morgan fingerprint density at radius 1 is 1.17 bits per heavy atom. The number of hydrogen-bond acceptors (Lipinski definition) is 4. The van der Waals surface area contributed by atoms with E-state index in [2.05, 4.69) is 54.1 Å². The molecule has 0 unspecified atom stereocenters. The summed E-state index contributed by atoms with van der Waals surface area (Å²) in [7, 11) is 0. The topological polar surface area (TPSA) is 65.9 Å². The van der Waals surface area contributed by atoms with Crippen LogP contribution < -0.4 is 10.6 Å². The van der Waals surface area contributed by atoms with E-state index in [1.54, 1.807) is 0 Å². The number of pyridine rings is 1. The maximum absolute atomic E-state index is 9.53. The largest absolute Gasteiger partial charge is 0.383 e. The summed E-state index contributed by atoms with van der Waals surface area (Å²) in [5.41, 5.74) is 12.0. The van der Waals surface area contributed by atoms with Gasteiger partial charge >= 0.3 is 0 Å². The van der Waals surface area contributed by atoms with Gasteiger partial charge in [0.2, 0.25) is 0 Å². The van der Waals surface area contributed by atoms with Crippen molar-refractivity contribution in [1.29, 1.82) is 5.26 Å². The average Bonchev–Trinajstić information content (AvgIpc) is 3.03. The number of aryl methyl sites for hydroxylation is 1. The molecule has 4 nitrogen and oxygen atoms in total. The van der Waals surface area contributed by atoms with Gasteiger partial charge in [0, 0.05) is 30.0 Å². The summed E-state index contributed by atoms with van der Waals surface area (Å²) in [5.74, 6) is 0.357. The van der Waals surface area contributed by atoms with Crippen molar-refractivity contribution >= 4 is 11.5 Å². The second-order valence-electron chi connectivity index (χ2n) is 5.86. The number of fused-ring (bicyclic) bond motifs is 1. The van der Waals surface area contributed by atoms with Gasteiger partial charge in [-0.2, -0.15) is 5.26 Å². The van der Waals surface area contributed by atoms with Gasteiger partial charge in [-0.25, -0.2) is 4.98 Å². The highest BCUT2D eigenvalue weighted by atomic mass is 15.1. The Kier molecular flexibility index (Phi) is 4.20. The highest BCUT2D eigenvalue weighted by molar-refractivity contribution is 5.80. The van der Waals surface area contributed by atoms with Gasteiger partial charge in [-0.1, -0.05) is 12.1 Å². The third kappa shape index (κ3) is 2.63. The molecule has 2 aromatic rings. The summed E-state index contributed by atoms with van der Waals surface area (Å²) in [6.07, 6.45) is 3.02. The molecule has 0 fully saturated rings. The minimum Gasteiger partial charge on any atom is -0.383 e. The normalized spacial score (nSPS) is 12.7. The van der Waals surface area contributed by atoms with Crippen LogP contribution in [0.15, 0.2) is 24.3 Å². The first-order valence-corrected chi connectivity index (χ1v) is 8.26. The van der Waals surface area contributed by atoms with Crippen LogP contribution in [-0.4, -0.2) is 18.1 Å². The molecular formula is C19H22N4. The quantitative estimate of drug-likeness (QED) is 0.938. The number of hydrogen-bond donors (Lipinski definition) is 1. The highest BCUT2D eigenvalue weighted by Gasteiger charge is 2.23. The smallest absolute Gasteiger partial charge is 0.142 e. The lowest BCUT2D eigenvalue weighted by Crippen LogP contribution is -2.21. The third-order valence-corrected chi connectivity index (χ3v) is 4.65. The lowest BCUT2D eigenvalue weighted by Gasteiger charge is -2.21. The molecule has 0 saturated carbocycles. The van der Waals surface area contributed by atoms with Gasteiger partial charge in [0.1, 0.15) is 17.5 Å². The number of nitrogens with two attached hydrogens (primary N) is 1. The number of aromatic nitrogens is 1. The van der Waals surface area contributed by atoms with Gasteiger partial charge in [0.05, 0.1) is 0 Å². The summed E-state index contributed by atoms with van der Waals surface area (Å²) < 4.78 is 0. The molecule has 1 heterocycles. The molecule has 4 heteroatoms. The molecule has 0 atom stereocenters. The van der Waals surface area contributed by atoms with E-state index in [9.17, 15) is 5.26 Å². The van der Waals surface area contributed by atoms with E-state index in [1.807, 2.05) is 0 Å². The molecule has 0 saturated heterocycles. The van der Waals surface area contributed by atoms with Crippen LogP contribution >= 0.6 is 0 Å². The van der Waals surface area contributed by atoms with Crippen LogP contribution in [0.1, 0.15) is 37.1 Å². The number of anilines is 2. The summed E-state index contributed by atoms with van der Waals surface area (Å²) in [5, 5.41) is 9.53. The zero-order chi connectivity index (χ0) is 16.4. The Hall–Kier alpha value is -2.54. The Labute approximate surface area is 137 Å². The fraction of sp³-hybridized carbons (Fsp3) is 0.368. The molecule has 23 heavy (non-hydrogen) atoms. The molecule has 1 aromatic carbocycles. The van der Waals surface area contributed by atoms with Crippen LogP contribution in [0.2, 0.25) is 0 Å². The van der Waals surface area contributed by atoms with E-state index >= 15 is 0 Å². The molecule has 1 aliphatic carbocycles. The number of nitrogen functional groups attached to an aromatic ring is 1. The van der Waals surface area contributed by atoms with Gasteiger partial charge < -0.3 is 10.6 Å². The van der Waals surface area contributed by atoms with Crippen molar-refractivity contribution in [3.8, 4) is 17.2 Å². The molecule has 0 radical (unpaired) electrons. The van der Waals surface area contributed by atoms with E-state index < -0.39 is 0 Å². The Morgan fingerprint density at radius 2 is 1.87 bits per heavy atom. The molecule has 0 amide bonds. The fourth-order valence-electron chi connectivity index (χ4n) is 3.46. The number of nitrogens with zero attached hydrogens (tertiary/aromatic N) is 3. The van der Waals surface area contributed by atoms with E-state index in [0.29, 0.717) is 11.4 Å². The first-order chi connectivity index (χ1) is 11.2. The van der Waals surface area contributed by atoms with Gasteiger partial charge in [0.15, 0.2) is 0 Å². The molecule has 1 aliphatic rings. The lowest BCUT2D eigenvalue weighted by molar-refractivity contribution is 0.866. The maximum Gasteiger partial charge on any atom is 0.142 e. The van der Waals surface area contributed by atoms with Crippen molar-refractivity contribution in [2.24, 2.45) is 0 Å². The first kappa shape index (κ1) is 15.4. The zero-order valence-electron chi connectivity index (χ0n) is 13.8. The molecule has 3 rings (SSSR count). The number of benzene rings is 1. The zero-order valence-corrected chi connectivity index (χ0v) is 13.8. The minimum atomic E-state index is 0.357. The van der Waals surface area contributed by atoms with Crippen LogP contribution in [0, 0.1) is 11.3 Å². The average molecular weight is 306 g/mol. The van der Waals surface area contributed by atoms with Crippen molar-refractivity contribution in [3.63, 3.8) is 0 Å². The van der Waals surface area contributed by atoms with Crippen LogP contribution in [0.4, 0.5) is 11.5 Å². The highest BCUT2D eigenvalue weighted by Crippen LogP contribution is 2.37. The van der Waals surface area contributed by atoms with Crippen molar-refractivity contribution in [2.45, 2.75) is 33.1 Å². The summed E-state index contributed by atoms with van der Waals surface area (Å²) in [6.45, 7) is 6.27. The van der Waals surface area contributed by atoms with Crippen LogP contribution in [0.5, 0.6) is 0 Å². The van der Waals surface area contributed by atoms with Crippen LogP contribution in [-0.2, 0) is 12.8 Å². The molecular weight excluding hydrogens is 284 g/mol. The molecule has 0 spiro atoms. The second kappa shape index (κ2) is 6.29. The minimum absolute atomic E-state index is 0.357. The van der Waals surface area contributed by atoms with Gasteiger partial charge in [-0.15, -0.1) is 0 Å². The van der Waals surface area contributed by atoms with E-state index in [0.717, 1.165) is 49.2 Å². The standard InChI is InChI=1S/C19H22N4/c1-3-23(4-2)14-10-8-13(9-11-14)18-15-6-5-7-17(15)22-19(21)16(18)12-20/h8-11H,3-7H2,1-2H3,(H2,21,22). The predicted molar refractivity (Wildman–Crippen MR) is 94.4 cm³/mol. The Balaban J connectivity index is 2.11. The molecule has 0 bridgehead atoms. The van der Waals surface area contributed by atoms with E-state index in [4.69, 9.17) is 5.73 Å². The maximum atomic E-state index is 9.53. The predicted octanol–water partition coefficient (Wildman–Crippen LogP) is 3.54. The van der Waals surface area contributed by atoms with Crippen molar-refractivity contribution in [1.82, 2.24) is 4.98 Å². The van der Waals surface area contributed by atoms with Crippen molar-refractivity contribution in [3.05, 3.63) is 41.1 Å². The first-order valence-electron chi connectivity index (χ1n) is 8.26. The van der Waals surface area contributed by atoms with Crippen LogP contribution in [0.25, 0.3) is 11.1 Å². The molecule has 118 valence electrons.